The highest BCUT2D eigenvalue weighted by molar-refractivity contribution is 6.30. The summed E-state index contributed by atoms with van der Waals surface area (Å²) in [4.78, 5) is 4.28. The molecule has 0 aliphatic carbocycles. The third-order valence-electron chi connectivity index (χ3n) is 2.65. The second kappa shape index (κ2) is 6.25. The summed E-state index contributed by atoms with van der Waals surface area (Å²) >= 11 is 5.86. The fourth-order valence-electron chi connectivity index (χ4n) is 1.61. The number of hydrogen-bond acceptors (Lipinski definition) is 3. The zero-order chi connectivity index (χ0) is 13.7. The molecule has 0 radical (unpaired) electrons. The van der Waals surface area contributed by atoms with Crippen molar-refractivity contribution in [1.29, 1.82) is 0 Å². The van der Waals surface area contributed by atoms with Crippen LogP contribution in [0.1, 0.15) is 11.1 Å². The van der Waals surface area contributed by atoms with E-state index in [9.17, 15) is 5.11 Å². The minimum absolute atomic E-state index is 0.169. The molecule has 2 aromatic carbocycles. The number of benzene rings is 2. The van der Waals surface area contributed by atoms with E-state index in [0.29, 0.717) is 17.1 Å². The van der Waals surface area contributed by atoms with Gasteiger partial charge in [-0.15, -0.1) is 0 Å². The van der Waals surface area contributed by atoms with Crippen LogP contribution in [0.5, 0.6) is 11.5 Å². The molecule has 0 aliphatic heterocycles. The molecule has 0 unspecified atom stereocenters. The number of rotatable bonds is 4. The lowest BCUT2D eigenvalue weighted by atomic mass is 10.2. The molecule has 0 saturated heterocycles. The number of nitrogens with zero attached hydrogens (tertiary/aromatic N) is 1. The molecule has 98 valence electrons. The summed E-state index contributed by atoms with van der Waals surface area (Å²) in [6.07, 6.45) is 1.62. The van der Waals surface area contributed by atoms with Crippen molar-refractivity contribution in [2.24, 2.45) is 4.99 Å². The number of aromatic hydroxyl groups is 1. The standard InChI is InChI=1S/C15H14ClNO2/c1-19-14-5-2-11(3-6-14)9-17-10-12-8-13(16)4-7-15(12)18/h2-8,10,18H,9H2,1H3. The van der Waals surface area contributed by atoms with E-state index in [1.807, 2.05) is 24.3 Å². The Morgan fingerprint density at radius 1 is 1.21 bits per heavy atom. The van der Waals surface area contributed by atoms with Crippen molar-refractivity contribution >= 4 is 17.8 Å². The Morgan fingerprint density at radius 2 is 1.95 bits per heavy atom. The fourth-order valence-corrected chi connectivity index (χ4v) is 1.79. The number of phenolic OH excluding ortho intramolecular Hbond substituents is 1. The van der Waals surface area contributed by atoms with Crippen molar-refractivity contribution in [3.63, 3.8) is 0 Å². The summed E-state index contributed by atoms with van der Waals surface area (Å²) in [6, 6.07) is 12.6. The van der Waals surface area contributed by atoms with Gasteiger partial charge in [0.2, 0.25) is 0 Å². The fraction of sp³-hybridized carbons (Fsp3) is 0.133. The van der Waals surface area contributed by atoms with Crippen LogP contribution in [0.3, 0.4) is 0 Å². The maximum atomic E-state index is 9.63. The molecule has 2 aromatic rings. The van der Waals surface area contributed by atoms with E-state index in [1.54, 1.807) is 31.5 Å². The van der Waals surface area contributed by atoms with E-state index in [4.69, 9.17) is 16.3 Å². The van der Waals surface area contributed by atoms with E-state index in [1.165, 1.54) is 0 Å². The Balaban J connectivity index is 2.04. The first-order valence-electron chi connectivity index (χ1n) is 5.80. The maximum Gasteiger partial charge on any atom is 0.124 e. The van der Waals surface area contributed by atoms with Gasteiger partial charge in [-0.1, -0.05) is 23.7 Å². The maximum absolute atomic E-state index is 9.63. The van der Waals surface area contributed by atoms with Crippen LogP contribution < -0.4 is 4.74 Å². The average molecular weight is 276 g/mol. The molecule has 0 fully saturated rings. The lowest BCUT2D eigenvalue weighted by molar-refractivity contribution is 0.414. The van der Waals surface area contributed by atoms with Gasteiger partial charge in [-0.05, 0) is 35.9 Å². The molecule has 0 aromatic heterocycles. The van der Waals surface area contributed by atoms with Crippen LogP contribution in [0.15, 0.2) is 47.5 Å². The van der Waals surface area contributed by atoms with E-state index < -0.39 is 0 Å². The summed E-state index contributed by atoms with van der Waals surface area (Å²) in [5.74, 6) is 0.989. The van der Waals surface area contributed by atoms with Crippen LogP contribution >= 0.6 is 11.6 Å². The molecule has 0 saturated carbocycles. The van der Waals surface area contributed by atoms with Crippen molar-refractivity contribution in [1.82, 2.24) is 0 Å². The zero-order valence-electron chi connectivity index (χ0n) is 10.5. The summed E-state index contributed by atoms with van der Waals surface area (Å²) in [7, 11) is 1.63. The molecule has 0 amide bonds. The molecule has 0 heterocycles. The van der Waals surface area contributed by atoms with Crippen LogP contribution in [0.4, 0.5) is 0 Å². The Morgan fingerprint density at radius 3 is 2.63 bits per heavy atom. The second-order valence-corrected chi connectivity index (χ2v) is 4.46. The third-order valence-corrected chi connectivity index (χ3v) is 2.89. The van der Waals surface area contributed by atoms with Gasteiger partial charge in [0, 0.05) is 16.8 Å². The van der Waals surface area contributed by atoms with Gasteiger partial charge < -0.3 is 9.84 Å². The molecule has 1 N–H and O–H groups in total. The van der Waals surface area contributed by atoms with Gasteiger partial charge in [0.05, 0.1) is 13.7 Å². The van der Waals surface area contributed by atoms with Crippen molar-refractivity contribution < 1.29 is 9.84 Å². The van der Waals surface area contributed by atoms with E-state index >= 15 is 0 Å². The number of methoxy groups -OCH3 is 1. The molecule has 0 bridgehead atoms. The van der Waals surface area contributed by atoms with Gasteiger partial charge in [0.1, 0.15) is 11.5 Å². The minimum atomic E-state index is 0.169. The zero-order valence-corrected chi connectivity index (χ0v) is 11.3. The van der Waals surface area contributed by atoms with Crippen molar-refractivity contribution in [3.05, 3.63) is 58.6 Å². The number of aliphatic imine (C=N–C) groups is 1. The molecule has 0 aliphatic rings. The highest BCUT2D eigenvalue weighted by atomic mass is 35.5. The van der Waals surface area contributed by atoms with Gasteiger partial charge in [-0.3, -0.25) is 4.99 Å². The van der Waals surface area contributed by atoms with Crippen LogP contribution in [0.2, 0.25) is 5.02 Å². The van der Waals surface area contributed by atoms with Gasteiger partial charge >= 0.3 is 0 Å². The SMILES string of the molecule is COc1ccc(CN=Cc2cc(Cl)ccc2O)cc1. The molecule has 3 nitrogen and oxygen atoms in total. The molecular weight excluding hydrogens is 262 g/mol. The first kappa shape index (κ1) is 13.4. The highest BCUT2D eigenvalue weighted by Gasteiger charge is 1.98. The van der Waals surface area contributed by atoms with Gasteiger partial charge in [0.15, 0.2) is 0 Å². The number of hydrogen-bond donors (Lipinski definition) is 1. The largest absolute Gasteiger partial charge is 0.507 e. The predicted molar refractivity (Wildman–Crippen MR) is 77.4 cm³/mol. The Hall–Kier alpha value is -2.00. The second-order valence-electron chi connectivity index (χ2n) is 4.02. The van der Waals surface area contributed by atoms with Gasteiger partial charge in [-0.2, -0.15) is 0 Å². The Bertz CT molecular complexity index is 579. The average Bonchev–Trinajstić information content (AvgIpc) is 2.43. The predicted octanol–water partition coefficient (Wildman–Crippen LogP) is 3.67. The molecular formula is C15H14ClNO2. The number of ether oxygens (including phenoxy) is 1. The molecule has 4 heteroatoms. The monoisotopic (exact) mass is 275 g/mol. The molecule has 19 heavy (non-hydrogen) atoms. The van der Waals surface area contributed by atoms with Crippen LogP contribution in [-0.2, 0) is 6.54 Å². The molecule has 0 atom stereocenters. The minimum Gasteiger partial charge on any atom is -0.507 e. The summed E-state index contributed by atoms with van der Waals surface area (Å²) < 4.78 is 5.09. The van der Waals surface area contributed by atoms with Gasteiger partial charge in [0.25, 0.3) is 0 Å². The first-order chi connectivity index (χ1) is 9.19. The van der Waals surface area contributed by atoms with Crippen molar-refractivity contribution in [2.75, 3.05) is 7.11 Å². The van der Waals surface area contributed by atoms with E-state index in [0.717, 1.165) is 11.3 Å². The number of phenols is 1. The third kappa shape index (κ3) is 3.73. The Labute approximate surface area is 117 Å². The van der Waals surface area contributed by atoms with Gasteiger partial charge in [-0.25, -0.2) is 0 Å². The quantitative estimate of drug-likeness (QED) is 0.865. The topological polar surface area (TPSA) is 41.8 Å². The Kier molecular flexibility index (Phi) is 4.42. The lowest BCUT2D eigenvalue weighted by Crippen LogP contribution is -1.87. The van der Waals surface area contributed by atoms with Crippen LogP contribution in [0.25, 0.3) is 0 Å². The van der Waals surface area contributed by atoms with E-state index in [2.05, 4.69) is 4.99 Å². The normalized spacial score (nSPS) is 10.8. The van der Waals surface area contributed by atoms with Crippen molar-refractivity contribution in [2.45, 2.75) is 6.54 Å². The summed E-state index contributed by atoms with van der Waals surface area (Å²) in [5, 5.41) is 10.2. The van der Waals surface area contributed by atoms with E-state index in [-0.39, 0.29) is 5.75 Å². The van der Waals surface area contributed by atoms with Crippen molar-refractivity contribution in [3.8, 4) is 11.5 Å². The summed E-state index contributed by atoms with van der Waals surface area (Å²) in [6.45, 7) is 0.538. The summed E-state index contributed by atoms with van der Waals surface area (Å²) in [5.41, 5.74) is 1.68. The lowest BCUT2D eigenvalue weighted by Gasteiger charge is -2.01. The van der Waals surface area contributed by atoms with Crippen LogP contribution in [-0.4, -0.2) is 18.4 Å². The van der Waals surface area contributed by atoms with Crippen LogP contribution in [0, 0.1) is 0 Å². The molecule has 2 rings (SSSR count). The highest BCUT2D eigenvalue weighted by Crippen LogP contribution is 2.20. The molecule has 0 spiro atoms. The smallest absolute Gasteiger partial charge is 0.124 e. The first-order valence-corrected chi connectivity index (χ1v) is 6.18. The number of halogens is 1.